The minimum absolute atomic E-state index is 0.202. The fourth-order valence-electron chi connectivity index (χ4n) is 2.96. The molecule has 0 atom stereocenters. The van der Waals surface area contributed by atoms with E-state index < -0.39 is 17.4 Å². The van der Waals surface area contributed by atoms with Crippen LogP contribution in [0.1, 0.15) is 19.5 Å². The SMILES string of the molecule is CCN(CC)C(=O)Cn1c(=O)cc(C(F)(F)F)n2c3ccccc3nc12. The molecule has 0 N–H and O–H groups in total. The third-order valence-electron chi connectivity index (χ3n) is 4.25. The molecule has 0 aliphatic heterocycles. The van der Waals surface area contributed by atoms with Crippen LogP contribution in [-0.4, -0.2) is 37.8 Å². The summed E-state index contributed by atoms with van der Waals surface area (Å²) in [6.45, 7) is 4.09. The number of aromatic nitrogens is 3. The summed E-state index contributed by atoms with van der Waals surface area (Å²) in [5, 5.41) is 0. The molecule has 6 nitrogen and oxygen atoms in total. The van der Waals surface area contributed by atoms with Crippen molar-refractivity contribution in [3.8, 4) is 0 Å². The molecule has 0 saturated carbocycles. The molecule has 0 aliphatic carbocycles. The van der Waals surface area contributed by atoms with Crippen LogP contribution in [0.4, 0.5) is 13.2 Å². The number of hydrogen-bond donors (Lipinski definition) is 0. The van der Waals surface area contributed by atoms with Gasteiger partial charge in [-0.1, -0.05) is 12.1 Å². The van der Waals surface area contributed by atoms with Crippen molar-refractivity contribution in [2.24, 2.45) is 0 Å². The molecule has 26 heavy (non-hydrogen) atoms. The van der Waals surface area contributed by atoms with Crippen molar-refractivity contribution in [1.29, 1.82) is 0 Å². The quantitative estimate of drug-likeness (QED) is 0.713. The van der Waals surface area contributed by atoms with E-state index in [4.69, 9.17) is 0 Å². The molecule has 138 valence electrons. The Labute approximate surface area is 146 Å². The second-order valence-electron chi connectivity index (χ2n) is 5.75. The van der Waals surface area contributed by atoms with E-state index in [-0.39, 0.29) is 23.7 Å². The highest BCUT2D eigenvalue weighted by Crippen LogP contribution is 2.31. The average molecular weight is 366 g/mol. The lowest BCUT2D eigenvalue weighted by Gasteiger charge is -2.20. The summed E-state index contributed by atoms with van der Waals surface area (Å²) >= 11 is 0. The molecular weight excluding hydrogens is 349 g/mol. The van der Waals surface area contributed by atoms with Gasteiger partial charge >= 0.3 is 6.18 Å². The number of benzene rings is 1. The lowest BCUT2D eigenvalue weighted by molar-refractivity contribution is -0.142. The van der Waals surface area contributed by atoms with Crippen molar-refractivity contribution in [3.63, 3.8) is 0 Å². The van der Waals surface area contributed by atoms with E-state index >= 15 is 0 Å². The smallest absolute Gasteiger partial charge is 0.342 e. The van der Waals surface area contributed by atoms with Gasteiger partial charge in [0.1, 0.15) is 12.2 Å². The van der Waals surface area contributed by atoms with Crippen LogP contribution in [-0.2, 0) is 17.5 Å². The van der Waals surface area contributed by atoms with Gasteiger partial charge in [-0.3, -0.25) is 18.6 Å². The van der Waals surface area contributed by atoms with E-state index in [1.54, 1.807) is 32.0 Å². The number of amides is 1. The van der Waals surface area contributed by atoms with Crippen molar-refractivity contribution in [3.05, 3.63) is 46.4 Å². The van der Waals surface area contributed by atoms with E-state index in [0.29, 0.717) is 24.7 Å². The van der Waals surface area contributed by atoms with Crippen LogP contribution in [0.15, 0.2) is 35.1 Å². The normalized spacial score (nSPS) is 12.0. The second kappa shape index (κ2) is 6.47. The number of likely N-dealkylation sites (N-methyl/N-ethyl adjacent to an activating group) is 1. The fraction of sp³-hybridized carbons (Fsp3) is 0.353. The molecule has 0 aliphatic rings. The van der Waals surface area contributed by atoms with Crippen molar-refractivity contribution in [2.75, 3.05) is 13.1 Å². The summed E-state index contributed by atoms with van der Waals surface area (Å²) in [5.41, 5.74) is -1.50. The minimum Gasteiger partial charge on any atom is -0.342 e. The van der Waals surface area contributed by atoms with E-state index in [1.807, 2.05) is 0 Å². The van der Waals surface area contributed by atoms with Gasteiger partial charge in [0.2, 0.25) is 11.7 Å². The molecule has 0 fully saturated rings. The van der Waals surface area contributed by atoms with Gasteiger partial charge in [0.15, 0.2) is 0 Å². The summed E-state index contributed by atoms with van der Waals surface area (Å²) in [4.78, 5) is 30.4. The van der Waals surface area contributed by atoms with E-state index in [2.05, 4.69) is 4.98 Å². The van der Waals surface area contributed by atoms with Crippen LogP contribution in [0.3, 0.4) is 0 Å². The van der Waals surface area contributed by atoms with Gasteiger partial charge in [0, 0.05) is 19.2 Å². The maximum Gasteiger partial charge on any atom is 0.432 e. The third kappa shape index (κ3) is 2.93. The largest absolute Gasteiger partial charge is 0.432 e. The molecule has 0 radical (unpaired) electrons. The summed E-state index contributed by atoms with van der Waals surface area (Å²) in [6.07, 6.45) is -4.73. The highest BCUT2D eigenvalue weighted by Gasteiger charge is 2.36. The lowest BCUT2D eigenvalue weighted by Crippen LogP contribution is -2.37. The molecule has 1 amide bonds. The molecule has 9 heteroatoms. The van der Waals surface area contributed by atoms with Gasteiger partial charge in [-0.05, 0) is 26.0 Å². The van der Waals surface area contributed by atoms with Gasteiger partial charge in [0.05, 0.1) is 11.0 Å². The van der Waals surface area contributed by atoms with Crippen LogP contribution >= 0.6 is 0 Å². The number of imidazole rings is 1. The highest BCUT2D eigenvalue weighted by atomic mass is 19.4. The highest BCUT2D eigenvalue weighted by molar-refractivity contribution is 5.81. The van der Waals surface area contributed by atoms with E-state index in [9.17, 15) is 22.8 Å². The Kier molecular flexibility index (Phi) is 4.47. The molecule has 3 aromatic rings. The average Bonchev–Trinajstić information content (AvgIpc) is 2.96. The van der Waals surface area contributed by atoms with Crippen molar-refractivity contribution in [2.45, 2.75) is 26.6 Å². The van der Waals surface area contributed by atoms with E-state index in [1.165, 1.54) is 11.0 Å². The molecule has 0 saturated heterocycles. The maximum atomic E-state index is 13.5. The van der Waals surface area contributed by atoms with Crippen LogP contribution < -0.4 is 5.56 Å². The Balaban J connectivity index is 2.30. The van der Waals surface area contributed by atoms with Gasteiger partial charge in [-0.15, -0.1) is 0 Å². The Morgan fingerprint density at radius 3 is 2.46 bits per heavy atom. The van der Waals surface area contributed by atoms with Crippen molar-refractivity contribution < 1.29 is 18.0 Å². The zero-order valence-corrected chi connectivity index (χ0v) is 14.2. The monoisotopic (exact) mass is 366 g/mol. The first-order valence-electron chi connectivity index (χ1n) is 8.14. The van der Waals surface area contributed by atoms with Gasteiger partial charge in [-0.25, -0.2) is 4.98 Å². The summed E-state index contributed by atoms with van der Waals surface area (Å²) in [7, 11) is 0. The van der Waals surface area contributed by atoms with Crippen LogP contribution in [0.2, 0.25) is 0 Å². The summed E-state index contributed by atoms with van der Waals surface area (Å²) in [6, 6.07) is 6.80. The maximum absolute atomic E-state index is 13.5. The summed E-state index contributed by atoms with van der Waals surface area (Å²) in [5.74, 6) is -0.558. The number of hydrogen-bond acceptors (Lipinski definition) is 3. The number of carbonyl (C=O) groups excluding carboxylic acids is 1. The Morgan fingerprint density at radius 2 is 1.85 bits per heavy atom. The molecule has 0 spiro atoms. The molecule has 0 unspecified atom stereocenters. The first-order chi connectivity index (χ1) is 12.3. The topological polar surface area (TPSA) is 59.6 Å². The fourth-order valence-corrected chi connectivity index (χ4v) is 2.96. The standard InChI is InChI=1S/C17H17F3N4O2/c1-3-22(4-2)15(26)10-23-14(25)9-13(17(18,19)20)24-12-8-6-5-7-11(12)21-16(23)24/h5-9H,3-4,10H2,1-2H3. The van der Waals surface area contributed by atoms with Crippen LogP contribution in [0.5, 0.6) is 0 Å². The Morgan fingerprint density at radius 1 is 1.19 bits per heavy atom. The molecule has 3 rings (SSSR count). The van der Waals surface area contributed by atoms with Gasteiger partial charge < -0.3 is 4.90 Å². The first-order valence-corrected chi connectivity index (χ1v) is 8.14. The zero-order chi connectivity index (χ0) is 19.1. The van der Waals surface area contributed by atoms with Gasteiger partial charge in [-0.2, -0.15) is 13.2 Å². The number of nitrogens with zero attached hydrogens (tertiary/aromatic N) is 4. The van der Waals surface area contributed by atoms with Crippen molar-refractivity contribution >= 4 is 22.7 Å². The predicted octanol–water partition coefficient (Wildman–Crippen LogP) is 2.54. The number of carbonyl (C=O) groups is 1. The minimum atomic E-state index is -4.73. The zero-order valence-electron chi connectivity index (χ0n) is 14.2. The van der Waals surface area contributed by atoms with Gasteiger partial charge in [0.25, 0.3) is 5.56 Å². The molecule has 0 bridgehead atoms. The number of fused-ring (bicyclic) bond motifs is 3. The molecule has 1 aromatic carbocycles. The Hall–Kier alpha value is -2.84. The van der Waals surface area contributed by atoms with Crippen LogP contribution in [0.25, 0.3) is 16.8 Å². The molecular formula is C17H17F3N4O2. The molecule has 2 aromatic heterocycles. The number of rotatable bonds is 4. The van der Waals surface area contributed by atoms with E-state index in [0.717, 1.165) is 8.97 Å². The third-order valence-corrected chi connectivity index (χ3v) is 4.25. The Bertz CT molecular complexity index is 1030. The lowest BCUT2D eigenvalue weighted by atomic mass is 10.3. The summed E-state index contributed by atoms with van der Waals surface area (Å²) < 4.78 is 42.3. The second-order valence-corrected chi connectivity index (χ2v) is 5.75. The number of para-hydroxylation sites is 2. The van der Waals surface area contributed by atoms with Crippen molar-refractivity contribution in [1.82, 2.24) is 18.9 Å². The van der Waals surface area contributed by atoms with Crippen LogP contribution in [0, 0.1) is 0 Å². The number of halogens is 3. The number of alkyl halides is 3. The molecule has 2 heterocycles. The predicted molar refractivity (Wildman–Crippen MR) is 89.9 cm³/mol. The first kappa shape index (κ1) is 18.0.